The summed E-state index contributed by atoms with van der Waals surface area (Å²) < 4.78 is 4.86. The van der Waals surface area contributed by atoms with Crippen LogP contribution in [-0.2, 0) is 23.9 Å². The average Bonchev–Trinajstić information content (AvgIpc) is 2.74. The third-order valence-corrected chi connectivity index (χ3v) is 6.08. The van der Waals surface area contributed by atoms with Crippen LogP contribution in [0, 0.1) is 10.1 Å². The number of carboxylic acids is 1. The van der Waals surface area contributed by atoms with Crippen LogP contribution in [0.4, 0.5) is 5.69 Å². The van der Waals surface area contributed by atoms with Crippen molar-refractivity contribution in [3.63, 3.8) is 0 Å². The number of carbonyl (C=O) groups is 4. The smallest absolute Gasteiger partial charge is 0.352 e. The van der Waals surface area contributed by atoms with Crippen molar-refractivity contribution >= 4 is 41.2 Å². The highest BCUT2D eigenvalue weighted by Gasteiger charge is 2.54. The summed E-state index contributed by atoms with van der Waals surface area (Å²) in [5.41, 5.74) is 6.09. The molecule has 0 saturated carbocycles. The number of β-lactam (4-membered cyclic amide) rings is 1. The van der Waals surface area contributed by atoms with E-state index in [4.69, 9.17) is 10.5 Å². The number of nitrogens with two attached hydrogens (primary N) is 1. The van der Waals surface area contributed by atoms with E-state index in [9.17, 15) is 34.4 Å². The van der Waals surface area contributed by atoms with Gasteiger partial charge < -0.3 is 20.9 Å². The van der Waals surface area contributed by atoms with Gasteiger partial charge in [0.05, 0.1) is 4.92 Å². The molecule has 164 valence electrons. The number of fused-ring (bicyclic) bond motifs is 1. The number of non-ortho nitro benzene ring substituents is 1. The zero-order valence-corrected chi connectivity index (χ0v) is 17.0. The van der Waals surface area contributed by atoms with E-state index in [1.807, 2.05) is 0 Å². The molecule has 1 unspecified atom stereocenters. The van der Waals surface area contributed by atoms with Gasteiger partial charge in [-0.05, 0) is 5.56 Å². The fourth-order valence-electron chi connectivity index (χ4n) is 3.18. The summed E-state index contributed by atoms with van der Waals surface area (Å²) >= 11 is 1.22. The Bertz CT molecular complexity index is 993. The van der Waals surface area contributed by atoms with Crippen LogP contribution in [0.5, 0.6) is 0 Å². The Morgan fingerprint density at radius 2 is 2.03 bits per heavy atom. The van der Waals surface area contributed by atoms with E-state index in [1.165, 1.54) is 43.0 Å². The molecule has 0 aromatic heterocycles. The molecule has 1 saturated heterocycles. The molecular weight excluding hydrogens is 432 g/mol. The van der Waals surface area contributed by atoms with Gasteiger partial charge in [-0.1, -0.05) is 12.1 Å². The lowest BCUT2D eigenvalue weighted by Crippen LogP contribution is -2.71. The minimum absolute atomic E-state index is 0.155. The van der Waals surface area contributed by atoms with Gasteiger partial charge in [-0.25, -0.2) is 4.79 Å². The van der Waals surface area contributed by atoms with Gasteiger partial charge in [-0.15, -0.1) is 11.8 Å². The number of rotatable bonds is 7. The monoisotopic (exact) mass is 450 g/mol. The third-order valence-electron chi connectivity index (χ3n) is 4.74. The molecule has 4 N–H and O–H groups in total. The van der Waals surface area contributed by atoms with E-state index in [0.717, 1.165) is 4.90 Å². The van der Waals surface area contributed by atoms with Gasteiger partial charge >= 0.3 is 11.9 Å². The Morgan fingerprint density at radius 3 is 2.58 bits per heavy atom. The molecule has 31 heavy (non-hydrogen) atoms. The van der Waals surface area contributed by atoms with Crippen molar-refractivity contribution in [2.75, 3.05) is 12.4 Å². The number of thioether (sulfide) groups is 1. The molecule has 0 aliphatic carbocycles. The van der Waals surface area contributed by atoms with Gasteiger partial charge in [-0.2, -0.15) is 0 Å². The number of aliphatic carboxylic acids is 1. The number of hydrogen-bond donors (Lipinski definition) is 3. The number of nitro groups is 1. The maximum Gasteiger partial charge on any atom is 0.352 e. The minimum atomic E-state index is -1.34. The number of nitrogens with zero attached hydrogens (tertiary/aromatic N) is 2. The molecule has 1 fully saturated rings. The molecule has 2 aliphatic heterocycles. The number of ether oxygens (including phenoxy) is 1. The van der Waals surface area contributed by atoms with Gasteiger partial charge in [0.15, 0.2) is 0 Å². The molecule has 3 rings (SSSR count). The zero-order chi connectivity index (χ0) is 22.9. The first-order valence-electron chi connectivity index (χ1n) is 8.95. The van der Waals surface area contributed by atoms with Crippen molar-refractivity contribution in [1.29, 1.82) is 0 Å². The lowest BCUT2D eigenvalue weighted by molar-refractivity contribution is -0.384. The second-order valence-corrected chi connectivity index (χ2v) is 7.86. The van der Waals surface area contributed by atoms with Crippen LogP contribution in [0.1, 0.15) is 18.5 Å². The van der Waals surface area contributed by atoms with Gasteiger partial charge in [0.2, 0.25) is 5.91 Å². The maximum absolute atomic E-state index is 12.6. The summed E-state index contributed by atoms with van der Waals surface area (Å²) in [6, 6.07) is 2.96. The molecule has 12 nitrogen and oxygen atoms in total. The minimum Gasteiger partial charge on any atom is -0.477 e. The molecule has 0 bridgehead atoms. The quantitative estimate of drug-likeness (QED) is 0.219. The average molecular weight is 450 g/mol. The van der Waals surface area contributed by atoms with E-state index >= 15 is 0 Å². The molecular formula is C18H18N4O8S. The topological polar surface area (TPSA) is 182 Å². The maximum atomic E-state index is 12.6. The fraction of sp³-hybridized carbons (Fsp3) is 0.333. The zero-order valence-electron chi connectivity index (χ0n) is 16.1. The standard InChI is InChI=1S/C18H18N4O8S/c1-8(23)30-6-10-7-31-17-13(16(25)21(17)14(10)18(26)27)20-15(24)12(19)9-2-4-11(5-3-9)22(28)29/h2-5,12-13,17H,6-7,19H2,1H3,(H,20,24)(H,26,27)/t12?,13-,17-/m1/s1. The van der Waals surface area contributed by atoms with Gasteiger partial charge in [0.1, 0.15) is 29.8 Å². The summed E-state index contributed by atoms with van der Waals surface area (Å²) in [5, 5.41) is 22.1. The summed E-state index contributed by atoms with van der Waals surface area (Å²) in [6.07, 6.45) is 0. The molecule has 3 atom stereocenters. The fourth-order valence-corrected chi connectivity index (χ4v) is 4.51. The molecule has 0 radical (unpaired) electrons. The van der Waals surface area contributed by atoms with E-state index in [0.29, 0.717) is 5.56 Å². The van der Waals surface area contributed by atoms with Crippen LogP contribution in [0.2, 0.25) is 0 Å². The molecule has 13 heteroatoms. The van der Waals surface area contributed by atoms with Crippen LogP contribution in [0.15, 0.2) is 35.5 Å². The highest BCUT2D eigenvalue weighted by atomic mass is 32.2. The Hall–Kier alpha value is -3.45. The molecule has 1 aromatic carbocycles. The van der Waals surface area contributed by atoms with E-state index in [2.05, 4.69) is 5.32 Å². The number of esters is 1. The first-order chi connectivity index (χ1) is 14.6. The molecule has 2 amide bonds. The summed E-state index contributed by atoms with van der Waals surface area (Å²) in [7, 11) is 0. The molecule has 2 heterocycles. The van der Waals surface area contributed by atoms with Gasteiger partial charge in [0, 0.05) is 30.4 Å². The van der Waals surface area contributed by atoms with E-state index in [1.54, 1.807) is 0 Å². The first kappa shape index (κ1) is 22.2. The summed E-state index contributed by atoms with van der Waals surface area (Å²) in [6.45, 7) is 0.941. The summed E-state index contributed by atoms with van der Waals surface area (Å²) in [4.78, 5) is 59.0. The first-order valence-corrected chi connectivity index (χ1v) is 10.0. The number of carbonyl (C=O) groups excluding carboxylic acids is 3. The number of benzene rings is 1. The second kappa shape index (κ2) is 8.73. The van der Waals surface area contributed by atoms with Crippen molar-refractivity contribution in [3.8, 4) is 0 Å². The van der Waals surface area contributed by atoms with Crippen LogP contribution >= 0.6 is 11.8 Å². The molecule has 1 aromatic rings. The largest absolute Gasteiger partial charge is 0.477 e. The van der Waals surface area contributed by atoms with Gasteiger partial charge in [-0.3, -0.25) is 29.4 Å². The number of amides is 2. The van der Waals surface area contributed by atoms with Crippen molar-refractivity contribution in [2.24, 2.45) is 5.73 Å². The number of nitro benzene ring substituents is 1. The van der Waals surface area contributed by atoms with Crippen LogP contribution < -0.4 is 11.1 Å². The molecule has 0 spiro atoms. The normalized spacial score (nSPS) is 21.0. The third kappa shape index (κ3) is 4.36. The Balaban J connectivity index is 1.70. The number of carboxylic acid groups (broad SMARTS) is 1. The van der Waals surface area contributed by atoms with E-state index < -0.39 is 46.1 Å². The number of nitrogens with one attached hydrogen (secondary N) is 1. The lowest BCUT2D eigenvalue weighted by atomic mass is 10.0. The van der Waals surface area contributed by atoms with Crippen molar-refractivity contribution in [3.05, 3.63) is 51.2 Å². The second-order valence-electron chi connectivity index (χ2n) is 6.76. The Morgan fingerprint density at radius 1 is 1.39 bits per heavy atom. The van der Waals surface area contributed by atoms with Gasteiger partial charge in [0.25, 0.3) is 11.6 Å². The Kier molecular flexibility index (Phi) is 6.27. The van der Waals surface area contributed by atoms with Crippen LogP contribution in [0.25, 0.3) is 0 Å². The highest BCUT2D eigenvalue weighted by Crippen LogP contribution is 2.40. The number of hydrogen-bond acceptors (Lipinski definition) is 9. The summed E-state index contributed by atoms with van der Waals surface area (Å²) in [5.74, 6) is -3.03. The highest BCUT2D eigenvalue weighted by molar-refractivity contribution is 8.00. The van der Waals surface area contributed by atoms with Crippen LogP contribution in [0.3, 0.4) is 0 Å². The predicted molar refractivity (Wildman–Crippen MR) is 106 cm³/mol. The van der Waals surface area contributed by atoms with E-state index in [-0.39, 0.29) is 29.3 Å². The predicted octanol–water partition coefficient (Wildman–Crippen LogP) is -0.104. The SMILES string of the molecule is CC(=O)OCC1=C(C(=O)O)N2C(=O)[C@@H](NC(=O)C(N)c3ccc([N+](=O)[O-])cc3)[C@H]2SC1. The van der Waals surface area contributed by atoms with Crippen LogP contribution in [-0.4, -0.2) is 62.5 Å². The van der Waals surface area contributed by atoms with Crippen molar-refractivity contribution < 1.29 is 33.9 Å². The lowest BCUT2D eigenvalue weighted by Gasteiger charge is -2.49. The molecule has 2 aliphatic rings. The van der Waals surface area contributed by atoms with Crippen molar-refractivity contribution in [1.82, 2.24) is 10.2 Å². The van der Waals surface area contributed by atoms with Crippen molar-refractivity contribution in [2.45, 2.75) is 24.4 Å². The Labute approximate surface area is 179 Å².